The average Bonchev–Trinajstić information content (AvgIpc) is 2.83. The summed E-state index contributed by atoms with van der Waals surface area (Å²) in [5.74, 6) is 0. The highest BCUT2D eigenvalue weighted by Gasteiger charge is 2.08. The molecule has 86 valence electrons. The van der Waals surface area contributed by atoms with Gasteiger partial charge in [-0.05, 0) is 6.92 Å². The molecule has 0 spiro atoms. The number of rotatable bonds is 4. The number of aromatic nitrogens is 4. The third kappa shape index (κ3) is 2.35. The molecule has 2 rings (SSSR count). The van der Waals surface area contributed by atoms with E-state index in [-0.39, 0.29) is 0 Å². The van der Waals surface area contributed by atoms with Crippen molar-refractivity contribution in [1.29, 1.82) is 0 Å². The number of hydrogen-bond acceptors (Lipinski definition) is 5. The molecule has 0 bridgehead atoms. The van der Waals surface area contributed by atoms with Gasteiger partial charge < -0.3 is 4.57 Å². The smallest absolute Gasteiger partial charge is 0.221 e. The fourth-order valence-electron chi connectivity index (χ4n) is 1.41. The van der Waals surface area contributed by atoms with Crippen molar-refractivity contribution in [2.24, 2.45) is 0 Å². The predicted octanol–water partition coefficient (Wildman–Crippen LogP) is 1.02. The topological polar surface area (TPSA) is 60.7 Å². The van der Waals surface area contributed by atoms with Crippen molar-refractivity contribution in [3.8, 4) is 0 Å². The zero-order valence-electron chi connectivity index (χ0n) is 9.08. The molecule has 0 aliphatic heterocycles. The van der Waals surface area contributed by atoms with Crippen LogP contribution in [0, 0.1) is 6.92 Å². The van der Waals surface area contributed by atoms with Crippen LogP contribution in [-0.2, 0) is 23.8 Å². The maximum atomic E-state index is 11.3. The van der Waals surface area contributed by atoms with Crippen LogP contribution < -0.4 is 0 Å². The average molecular weight is 256 g/mol. The molecule has 16 heavy (non-hydrogen) atoms. The van der Waals surface area contributed by atoms with Crippen LogP contribution in [-0.4, -0.2) is 30.2 Å². The van der Waals surface area contributed by atoms with Crippen LogP contribution in [0.5, 0.6) is 0 Å². The van der Waals surface area contributed by atoms with Crippen molar-refractivity contribution >= 4 is 22.1 Å². The molecule has 0 N–H and O–H groups in total. The van der Waals surface area contributed by atoms with Crippen molar-refractivity contribution in [2.75, 3.05) is 6.26 Å². The lowest BCUT2D eigenvalue weighted by Crippen LogP contribution is -2.06. The maximum absolute atomic E-state index is 11.3. The molecule has 0 aromatic carbocycles. The lowest BCUT2D eigenvalue weighted by atomic mass is 10.3. The molecule has 2 aromatic rings. The van der Waals surface area contributed by atoms with Crippen molar-refractivity contribution < 1.29 is 4.21 Å². The Morgan fingerprint density at radius 3 is 3.00 bits per heavy atom. The van der Waals surface area contributed by atoms with Crippen LogP contribution >= 0.6 is 11.3 Å². The SMILES string of the molecule is Cc1ncsc1CCn1cnnc1S(C)=O. The molecule has 0 saturated heterocycles. The summed E-state index contributed by atoms with van der Waals surface area (Å²) in [7, 11) is -1.09. The lowest BCUT2D eigenvalue weighted by Gasteiger charge is -2.03. The summed E-state index contributed by atoms with van der Waals surface area (Å²) in [6, 6.07) is 0. The molecule has 2 heterocycles. The third-order valence-electron chi connectivity index (χ3n) is 2.26. The van der Waals surface area contributed by atoms with Gasteiger partial charge in [0.1, 0.15) is 6.33 Å². The minimum absolute atomic E-state index is 0.530. The van der Waals surface area contributed by atoms with Crippen LogP contribution in [0.4, 0.5) is 0 Å². The Balaban J connectivity index is 2.08. The zero-order chi connectivity index (χ0) is 11.5. The van der Waals surface area contributed by atoms with Gasteiger partial charge in [-0.3, -0.25) is 4.21 Å². The first-order chi connectivity index (χ1) is 7.68. The van der Waals surface area contributed by atoms with E-state index in [1.54, 1.807) is 23.9 Å². The maximum Gasteiger partial charge on any atom is 0.221 e. The molecule has 0 saturated carbocycles. The Hall–Kier alpha value is -1.08. The van der Waals surface area contributed by atoms with Gasteiger partial charge in [-0.25, -0.2) is 4.98 Å². The standard InChI is InChI=1S/C9H12N4OS2/c1-7-8(15-6-10-7)3-4-13-5-11-12-9(13)16(2)14/h5-6H,3-4H2,1-2H3. The lowest BCUT2D eigenvalue weighted by molar-refractivity contribution is 0.616. The summed E-state index contributed by atoms with van der Waals surface area (Å²) >= 11 is 1.64. The van der Waals surface area contributed by atoms with E-state index in [0.717, 1.165) is 18.7 Å². The fraction of sp³-hybridized carbons (Fsp3) is 0.444. The summed E-state index contributed by atoms with van der Waals surface area (Å²) in [4.78, 5) is 5.44. The van der Waals surface area contributed by atoms with E-state index in [1.807, 2.05) is 17.0 Å². The Labute approximate surface area is 100 Å². The molecule has 0 fully saturated rings. The Bertz CT molecular complexity index is 505. The van der Waals surface area contributed by atoms with E-state index < -0.39 is 10.8 Å². The van der Waals surface area contributed by atoms with Crippen molar-refractivity contribution in [1.82, 2.24) is 19.7 Å². The van der Waals surface area contributed by atoms with Gasteiger partial charge in [0.05, 0.1) is 22.0 Å². The molecule has 0 radical (unpaired) electrons. The molecule has 0 aliphatic carbocycles. The van der Waals surface area contributed by atoms with Gasteiger partial charge in [-0.1, -0.05) is 0 Å². The second-order valence-corrected chi connectivity index (χ2v) is 5.58. The summed E-state index contributed by atoms with van der Waals surface area (Å²) in [6.07, 6.45) is 4.10. The zero-order valence-corrected chi connectivity index (χ0v) is 10.7. The van der Waals surface area contributed by atoms with Crippen LogP contribution in [0.15, 0.2) is 17.0 Å². The Kier molecular flexibility index (Phi) is 3.45. The van der Waals surface area contributed by atoms with E-state index in [1.165, 1.54) is 4.88 Å². The molecule has 2 aromatic heterocycles. The van der Waals surface area contributed by atoms with E-state index in [2.05, 4.69) is 15.2 Å². The summed E-state index contributed by atoms with van der Waals surface area (Å²) in [5.41, 5.74) is 2.91. The molecular formula is C9H12N4OS2. The molecule has 7 heteroatoms. The highest BCUT2D eigenvalue weighted by atomic mass is 32.2. The number of aryl methyl sites for hydroxylation is 3. The first-order valence-electron chi connectivity index (χ1n) is 4.78. The predicted molar refractivity (Wildman–Crippen MR) is 62.9 cm³/mol. The normalized spacial score (nSPS) is 12.9. The Morgan fingerprint density at radius 2 is 2.38 bits per heavy atom. The van der Waals surface area contributed by atoms with Gasteiger partial charge in [0.2, 0.25) is 5.16 Å². The largest absolute Gasteiger partial charge is 0.306 e. The molecule has 1 unspecified atom stereocenters. The second-order valence-electron chi connectivity index (χ2n) is 3.37. The monoisotopic (exact) mass is 256 g/mol. The number of thiazole rings is 1. The minimum Gasteiger partial charge on any atom is -0.306 e. The number of nitrogens with zero attached hydrogens (tertiary/aromatic N) is 4. The first-order valence-corrected chi connectivity index (χ1v) is 7.22. The Morgan fingerprint density at radius 1 is 1.56 bits per heavy atom. The highest BCUT2D eigenvalue weighted by molar-refractivity contribution is 7.84. The van der Waals surface area contributed by atoms with Crippen molar-refractivity contribution in [2.45, 2.75) is 25.0 Å². The van der Waals surface area contributed by atoms with E-state index in [9.17, 15) is 4.21 Å². The van der Waals surface area contributed by atoms with Crippen molar-refractivity contribution in [3.05, 3.63) is 22.4 Å². The van der Waals surface area contributed by atoms with Gasteiger partial charge in [0.25, 0.3) is 0 Å². The van der Waals surface area contributed by atoms with Crippen molar-refractivity contribution in [3.63, 3.8) is 0 Å². The molecular weight excluding hydrogens is 244 g/mol. The van der Waals surface area contributed by atoms with E-state index >= 15 is 0 Å². The van der Waals surface area contributed by atoms with Gasteiger partial charge in [-0.2, -0.15) is 0 Å². The molecule has 1 atom stereocenters. The van der Waals surface area contributed by atoms with Crippen LogP contribution in [0.3, 0.4) is 0 Å². The van der Waals surface area contributed by atoms with Gasteiger partial charge in [0.15, 0.2) is 0 Å². The van der Waals surface area contributed by atoms with Crippen LogP contribution in [0.1, 0.15) is 10.6 Å². The molecule has 0 amide bonds. The van der Waals surface area contributed by atoms with E-state index in [0.29, 0.717) is 5.16 Å². The minimum atomic E-state index is -1.09. The molecule has 5 nitrogen and oxygen atoms in total. The van der Waals surface area contributed by atoms with Gasteiger partial charge in [0, 0.05) is 24.1 Å². The van der Waals surface area contributed by atoms with Crippen LogP contribution in [0.25, 0.3) is 0 Å². The summed E-state index contributed by atoms with van der Waals surface area (Å²) in [6.45, 7) is 2.74. The first kappa shape index (κ1) is 11.4. The molecule has 0 aliphatic rings. The number of hydrogen-bond donors (Lipinski definition) is 0. The quantitative estimate of drug-likeness (QED) is 0.819. The second kappa shape index (κ2) is 4.84. The fourth-order valence-corrected chi connectivity index (χ4v) is 2.81. The highest BCUT2D eigenvalue weighted by Crippen LogP contribution is 2.14. The summed E-state index contributed by atoms with van der Waals surface area (Å²) in [5, 5.41) is 8.14. The van der Waals surface area contributed by atoms with Gasteiger partial charge in [-0.15, -0.1) is 21.5 Å². The third-order valence-corrected chi connectivity index (χ3v) is 4.09. The van der Waals surface area contributed by atoms with E-state index in [4.69, 9.17) is 0 Å². The van der Waals surface area contributed by atoms with Gasteiger partial charge >= 0.3 is 0 Å². The van der Waals surface area contributed by atoms with Crippen LogP contribution in [0.2, 0.25) is 0 Å². The summed E-state index contributed by atoms with van der Waals surface area (Å²) < 4.78 is 13.2.